The van der Waals surface area contributed by atoms with E-state index in [0.29, 0.717) is 18.8 Å². The molecule has 0 saturated carbocycles. The average Bonchev–Trinajstić information content (AvgIpc) is 2.95. The third-order valence-electron chi connectivity index (χ3n) is 7.30. The van der Waals surface area contributed by atoms with Gasteiger partial charge in [0, 0.05) is 0 Å². The van der Waals surface area contributed by atoms with Gasteiger partial charge < -0.3 is 14.2 Å². The van der Waals surface area contributed by atoms with Crippen molar-refractivity contribution in [3.63, 3.8) is 0 Å². The van der Waals surface area contributed by atoms with Crippen molar-refractivity contribution in [2.24, 2.45) is 0 Å². The van der Waals surface area contributed by atoms with E-state index in [1.54, 1.807) is 13.0 Å². The lowest BCUT2D eigenvalue weighted by molar-refractivity contribution is 0.0446. The van der Waals surface area contributed by atoms with Crippen molar-refractivity contribution in [1.82, 2.24) is 0 Å². The van der Waals surface area contributed by atoms with Crippen molar-refractivity contribution in [3.05, 3.63) is 34.4 Å². The minimum Gasteiger partial charge on any atom is -0.462 e. The molecule has 0 aliphatic rings. The number of benzene rings is 1. The second-order valence-corrected chi connectivity index (χ2v) is 10.9. The molecule has 228 valence electrons. The Labute approximate surface area is 243 Å². The van der Waals surface area contributed by atoms with Crippen molar-refractivity contribution < 1.29 is 28.6 Å². The summed E-state index contributed by atoms with van der Waals surface area (Å²) in [4.78, 5) is 39.0. The average molecular weight is 561 g/mol. The molecule has 0 heterocycles. The fourth-order valence-electron chi connectivity index (χ4n) is 4.74. The summed E-state index contributed by atoms with van der Waals surface area (Å²) in [6.45, 7) is 9.14. The van der Waals surface area contributed by atoms with E-state index in [1.165, 1.54) is 63.9 Å². The number of carbonyl (C=O) groups is 3. The number of hydrogen-bond donors (Lipinski definition) is 0. The Morgan fingerprint density at radius 1 is 0.475 bits per heavy atom. The molecule has 1 aromatic carbocycles. The smallest absolute Gasteiger partial charge is 0.339 e. The van der Waals surface area contributed by atoms with Gasteiger partial charge in [-0.05, 0) is 43.9 Å². The summed E-state index contributed by atoms with van der Waals surface area (Å²) in [5.74, 6) is -1.64. The highest BCUT2D eigenvalue weighted by atomic mass is 16.5. The first-order valence-electron chi connectivity index (χ1n) is 16.1. The summed E-state index contributed by atoms with van der Waals surface area (Å²) in [6, 6.07) is 3.06. The second kappa shape index (κ2) is 23.3. The normalized spacial score (nSPS) is 10.9. The van der Waals surface area contributed by atoms with Crippen molar-refractivity contribution in [3.8, 4) is 0 Å². The molecule has 0 spiro atoms. The Balaban J connectivity index is 2.84. The summed E-state index contributed by atoms with van der Waals surface area (Å²) in [5, 5.41) is 0. The van der Waals surface area contributed by atoms with Crippen LogP contribution in [0.1, 0.15) is 173 Å². The van der Waals surface area contributed by atoms with E-state index in [9.17, 15) is 14.4 Å². The monoisotopic (exact) mass is 560 g/mol. The highest BCUT2D eigenvalue weighted by Gasteiger charge is 2.26. The maximum absolute atomic E-state index is 13.2. The van der Waals surface area contributed by atoms with Crippen LogP contribution in [0.4, 0.5) is 0 Å². The van der Waals surface area contributed by atoms with Crippen LogP contribution in [-0.4, -0.2) is 37.7 Å². The molecule has 40 heavy (non-hydrogen) atoms. The predicted molar refractivity (Wildman–Crippen MR) is 162 cm³/mol. The molecule has 1 aromatic rings. The topological polar surface area (TPSA) is 78.9 Å². The molecule has 1 rings (SSSR count). The highest BCUT2D eigenvalue weighted by Crippen LogP contribution is 2.23. The summed E-state index contributed by atoms with van der Waals surface area (Å²) < 4.78 is 16.6. The van der Waals surface area contributed by atoms with Gasteiger partial charge in [0.1, 0.15) is 0 Å². The van der Waals surface area contributed by atoms with Gasteiger partial charge in [-0.3, -0.25) is 0 Å². The van der Waals surface area contributed by atoms with Crippen LogP contribution in [0.15, 0.2) is 12.1 Å². The molecule has 0 radical (unpaired) electrons. The number of rotatable bonds is 24. The SMILES string of the molecule is CCCCCCCCOC(=O)c1ccc(C(=O)OCCCCCCCC)c(C(=O)OCCCCCCCC)c1C. The maximum atomic E-state index is 13.2. The van der Waals surface area contributed by atoms with Gasteiger partial charge in [-0.15, -0.1) is 0 Å². The molecule has 0 unspecified atom stereocenters. The zero-order valence-corrected chi connectivity index (χ0v) is 26.0. The molecule has 0 aliphatic carbocycles. The first-order valence-corrected chi connectivity index (χ1v) is 16.1. The van der Waals surface area contributed by atoms with Crippen LogP contribution in [-0.2, 0) is 14.2 Å². The third kappa shape index (κ3) is 14.9. The number of ether oxygens (including phenoxy) is 3. The maximum Gasteiger partial charge on any atom is 0.339 e. The molecule has 0 aliphatic heterocycles. The van der Waals surface area contributed by atoms with E-state index in [0.717, 1.165) is 57.8 Å². The molecule has 0 aromatic heterocycles. The van der Waals surface area contributed by atoms with E-state index in [1.807, 2.05) is 0 Å². The summed E-state index contributed by atoms with van der Waals surface area (Å²) in [6.07, 6.45) is 19.5. The molecule has 0 atom stereocenters. The largest absolute Gasteiger partial charge is 0.462 e. The van der Waals surface area contributed by atoms with Crippen LogP contribution >= 0.6 is 0 Å². The minimum atomic E-state index is -0.594. The Hall–Kier alpha value is -2.37. The summed E-state index contributed by atoms with van der Waals surface area (Å²) in [7, 11) is 0. The van der Waals surface area contributed by atoms with Gasteiger partial charge in [-0.2, -0.15) is 0 Å². The van der Waals surface area contributed by atoms with E-state index >= 15 is 0 Å². The number of esters is 3. The zero-order chi connectivity index (χ0) is 29.4. The fraction of sp³-hybridized carbons (Fsp3) is 0.735. The van der Waals surface area contributed by atoms with E-state index < -0.39 is 17.9 Å². The molecule has 0 saturated heterocycles. The van der Waals surface area contributed by atoms with Crippen LogP contribution < -0.4 is 0 Å². The molecular weight excluding hydrogens is 504 g/mol. The lowest BCUT2D eigenvalue weighted by Crippen LogP contribution is -2.19. The Morgan fingerprint density at radius 3 is 1.23 bits per heavy atom. The van der Waals surface area contributed by atoms with Crippen molar-refractivity contribution in [2.45, 2.75) is 143 Å². The number of carbonyl (C=O) groups excluding carboxylic acids is 3. The lowest BCUT2D eigenvalue weighted by Gasteiger charge is -2.15. The van der Waals surface area contributed by atoms with E-state index in [2.05, 4.69) is 20.8 Å². The minimum absolute atomic E-state index is 0.105. The zero-order valence-electron chi connectivity index (χ0n) is 26.0. The standard InChI is InChI=1S/C34H56O6/c1-5-8-11-14-17-20-25-38-32(35)29-23-24-30(33(36)39-26-21-18-15-12-9-6-2)31(28(29)4)34(37)40-27-22-19-16-13-10-7-3/h23-24H,5-22,25-27H2,1-4H3. The van der Waals surface area contributed by atoms with Gasteiger partial charge >= 0.3 is 17.9 Å². The van der Waals surface area contributed by atoms with Gasteiger partial charge in [0.2, 0.25) is 0 Å². The lowest BCUT2D eigenvalue weighted by atomic mass is 9.96. The van der Waals surface area contributed by atoms with Crippen LogP contribution in [0, 0.1) is 6.92 Å². The molecule has 0 bridgehead atoms. The van der Waals surface area contributed by atoms with Gasteiger partial charge in [-0.25, -0.2) is 14.4 Å². The first kappa shape index (κ1) is 35.7. The fourth-order valence-corrected chi connectivity index (χ4v) is 4.74. The van der Waals surface area contributed by atoms with Gasteiger partial charge in [0.05, 0.1) is 36.5 Å². The van der Waals surface area contributed by atoms with Crippen LogP contribution in [0.5, 0.6) is 0 Å². The van der Waals surface area contributed by atoms with Crippen LogP contribution in [0.3, 0.4) is 0 Å². The van der Waals surface area contributed by atoms with Crippen molar-refractivity contribution >= 4 is 17.9 Å². The Kier molecular flexibility index (Phi) is 20.8. The quantitative estimate of drug-likeness (QED) is 0.0711. The Bertz CT molecular complexity index is 847. The summed E-state index contributed by atoms with van der Waals surface area (Å²) >= 11 is 0. The first-order chi connectivity index (χ1) is 19.5. The molecule has 0 N–H and O–H groups in total. The molecule has 6 heteroatoms. The Morgan fingerprint density at radius 2 is 0.800 bits per heavy atom. The van der Waals surface area contributed by atoms with Gasteiger partial charge in [0.25, 0.3) is 0 Å². The third-order valence-corrected chi connectivity index (χ3v) is 7.30. The molecule has 6 nitrogen and oxygen atoms in total. The number of unbranched alkanes of at least 4 members (excludes halogenated alkanes) is 15. The van der Waals surface area contributed by atoms with Crippen LogP contribution in [0.2, 0.25) is 0 Å². The highest BCUT2D eigenvalue weighted by molar-refractivity contribution is 6.06. The van der Waals surface area contributed by atoms with E-state index in [-0.39, 0.29) is 23.3 Å². The van der Waals surface area contributed by atoms with Gasteiger partial charge in [0.15, 0.2) is 0 Å². The molecular formula is C34H56O6. The number of hydrogen-bond acceptors (Lipinski definition) is 6. The van der Waals surface area contributed by atoms with Crippen molar-refractivity contribution in [1.29, 1.82) is 0 Å². The van der Waals surface area contributed by atoms with Gasteiger partial charge in [-0.1, -0.05) is 117 Å². The van der Waals surface area contributed by atoms with Crippen molar-refractivity contribution in [2.75, 3.05) is 19.8 Å². The molecule has 0 amide bonds. The summed E-state index contributed by atoms with van der Waals surface area (Å²) in [5.41, 5.74) is 0.928. The van der Waals surface area contributed by atoms with Crippen LogP contribution in [0.25, 0.3) is 0 Å². The predicted octanol–water partition coefficient (Wildman–Crippen LogP) is 9.55. The second-order valence-electron chi connectivity index (χ2n) is 10.9. The molecule has 0 fully saturated rings. The van der Waals surface area contributed by atoms with E-state index in [4.69, 9.17) is 14.2 Å².